The molecule has 0 atom stereocenters. The molecule has 0 spiro atoms. The van der Waals surface area contributed by atoms with E-state index >= 15 is 0 Å². The lowest BCUT2D eigenvalue weighted by Crippen LogP contribution is -2.29. The van der Waals surface area contributed by atoms with Crippen LogP contribution in [0.1, 0.15) is 24.0 Å². The molecular formula is C15H21ClN2OS. The van der Waals surface area contributed by atoms with Crippen LogP contribution in [0.25, 0.3) is 0 Å². The number of nitrogens with zero attached hydrogens (tertiary/aromatic N) is 1. The first kappa shape index (κ1) is 15.7. The summed E-state index contributed by atoms with van der Waals surface area (Å²) in [5.74, 6) is 0.725. The summed E-state index contributed by atoms with van der Waals surface area (Å²) in [6, 6.07) is 5.80. The predicted octanol–water partition coefficient (Wildman–Crippen LogP) is 2.83. The lowest BCUT2D eigenvalue weighted by Gasteiger charge is -2.27. The molecule has 1 fully saturated rings. The van der Waals surface area contributed by atoms with Crippen molar-refractivity contribution in [2.24, 2.45) is 11.7 Å². The smallest absolute Gasteiger partial charge is 0.104 e. The van der Waals surface area contributed by atoms with E-state index in [-0.39, 0.29) is 0 Å². The van der Waals surface area contributed by atoms with Gasteiger partial charge in [-0.2, -0.15) is 0 Å². The van der Waals surface area contributed by atoms with Crippen molar-refractivity contribution in [2.45, 2.75) is 19.4 Å². The first-order chi connectivity index (χ1) is 9.56. The van der Waals surface area contributed by atoms with Gasteiger partial charge in [-0.3, -0.25) is 0 Å². The number of hydrogen-bond donors (Lipinski definition) is 1. The summed E-state index contributed by atoms with van der Waals surface area (Å²) in [6.45, 7) is 3.70. The van der Waals surface area contributed by atoms with E-state index in [1.807, 2.05) is 18.2 Å². The van der Waals surface area contributed by atoms with Crippen LogP contribution in [-0.2, 0) is 11.3 Å². The van der Waals surface area contributed by atoms with Crippen molar-refractivity contribution >= 4 is 28.8 Å². The Hall–Kier alpha value is -0.680. The Morgan fingerprint density at radius 3 is 2.75 bits per heavy atom. The summed E-state index contributed by atoms with van der Waals surface area (Å²) < 4.78 is 5.39. The average molecular weight is 313 g/mol. The maximum Gasteiger partial charge on any atom is 0.104 e. The minimum atomic E-state index is 0.383. The molecule has 0 unspecified atom stereocenters. The fourth-order valence-corrected chi connectivity index (χ4v) is 2.92. The monoisotopic (exact) mass is 312 g/mol. The van der Waals surface area contributed by atoms with Crippen LogP contribution >= 0.6 is 23.8 Å². The molecule has 0 aliphatic carbocycles. The lowest BCUT2D eigenvalue weighted by atomic mass is 9.99. The van der Waals surface area contributed by atoms with Gasteiger partial charge in [0.2, 0.25) is 0 Å². The van der Waals surface area contributed by atoms with Gasteiger partial charge in [0.05, 0.1) is 0 Å². The normalized spacial score (nSPS) is 16.6. The van der Waals surface area contributed by atoms with Gasteiger partial charge >= 0.3 is 0 Å². The summed E-state index contributed by atoms with van der Waals surface area (Å²) in [6.07, 6.45) is 2.30. The third-order valence-corrected chi connectivity index (χ3v) is 4.28. The van der Waals surface area contributed by atoms with Crippen LogP contribution in [-0.4, -0.2) is 36.7 Å². The molecule has 2 rings (SSSR count). The molecule has 0 saturated carbocycles. The molecule has 2 N–H and O–H groups in total. The standard InChI is InChI=1S/C15H21ClN2OS/c1-18(9-11-4-6-19-7-5-11)10-13-3-2-12(15(17)20)8-14(13)16/h2-3,8,11H,4-7,9-10H2,1H3,(H2,17,20). The Bertz CT molecular complexity index is 475. The van der Waals surface area contributed by atoms with Crippen molar-refractivity contribution < 1.29 is 4.74 Å². The second-order valence-electron chi connectivity index (χ2n) is 5.42. The zero-order valence-electron chi connectivity index (χ0n) is 11.8. The van der Waals surface area contributed by atoms with E-state index in [1.165, 1.54) is 0 Å². The second kappa shape index (κ2) is 7.36. The number of thiocarbonyl (C=S) groups is 1. The van der Waals surface area contributed by atoms with Crippen molar-refractivity contribution in [1.82, 2.24) is 4.90 Å². The zero-order valence-corrected chi connectivity index (χ0v) is 13.3. The fourth-order valence-electron chi connectivity index (χ4n) is 2.55. The molecule has 110 valence electrons. The highest BCUT2D eigenvalue weighted by atomic mass is 35.5. The van der Waals surface area contributed by atoms with E-state index in [0.29, 0.717) is 4.99 Å². The van der Waals surface area contributed by atoms with Crippen molar-refractivity contribution in [3.63, 3.8) is 0 Å². The average Bonchev–Trinajstić information content (AvgIpc) is 2.42. The van der Waals surface area contributed by atoms with Gasteiger partial charge in [0.15, 0.2) is 0 Å². The van der Waals surface area contributed by atoms with Crippen LogP contribution in [0, 0.1) is 5.92 Å². The molecule has 0 amide bonds. The molecule has 1 aromatic carbocycles. The van der Waals surface area contributed by atoms with Gasteiger partial charge in [-0.1, -0.05) is 36.0 Å². The molecule has 3 nitrogen and oxygen atoms in total. The Labute approximate surface area is 131 Å². The number of benzene rings is 1. The molecule has 0 radical (unpaired) electrons. The van der Waals surface area contributed by atoms with Gasteiger partial charge < -0.3 is 15.4 Å². The number of nitrogens with two attached hydrogens (primary N) is 1. The summed E-state index contributed by atoms with van der Waals surface area (Å²) in [5.41, 5.74) is 7.54. The second-order valence-corrected chi connectivity index (χ2v) is 6.27. The number of halogens is 1. The third-order valence-electron chi connectivity index (χ3n) is 3.69. The third kappa shape index (κ3) is 4.42. The maximum atomic E-state index is 6.30. The Morgan fingerprint density at radius 1 is 1.45 bits per heavy atom. The molecule has 0 bridgehead atoms. The SMILES string of the molecule is CN(Cc1ccc(C(N)=S)cc1Cl)CC1CCOCC1. The van der Waals surface area contributed by atoms with Crippen LogP contribution in [0.5, 0.6) is 0 Å². The molecule has 20 heavy (non-hydrogen) atoms. The largest absolute Gasteiger partial charge is 0.389 e. The quantitative estimate of drug-likeness (QED) is 0.849. The van der Waals surface area contributed by atoms with E-state index < -0.39 is 0 Å². The summed E-state index contributed by atoms with van der Waals surface area (Å²) in [7, 11) is 2.13. The van der Waals surface area contributed by atoms with Crippen molar-refractivity contribution in [3.8, 4) is 0 Å². The number of ether oxygens (including phenoxy) is 1. The van der Waals surface area contributed by atoms with Crippen LogP contribution < -0.4 is 5.73 Å². The number of rotatable bonds is 5. The highest BCUT2D eigenvalue weighted by molar-refractivity contribution is 7.80. The van der Waals surface area contributed by atoms with E-state index in [0.717, 1.165) is 61.2 Å². The maximum absolute atomic E-state index is 6.30. The molecule has 1 aliphatic heterocycles. The first-order valence-electron chi connectivity index (χ1n) is 6.91. The fraction of sp³-hybridized carbons (Fsp3) is 0.533. The van der Waals surface area contributed by atoms with E-state index in [4.69, 9.17) is 34.3 Å². The highest BCUT2D eigenvalue weighted by Gasteiger charge is 2.16. The van der Waals surface area contributed by atoms with Crippen LogP contribution in [0.2, 0.25) is 5.02 Å². The molecule has 1 aliphatic rings. The highest BCUT2D eigenvalue weighted by Crippen LogP contribution is 2.21. The zero-order chi connectivity index (χ0) is 14.5. The minimum absolute atomic E-state index is 0.383. The van der Waals surface area contributed by atoms with Crippen molar-refractivity contribution in [3.05, 3.63) is 34.3 Å². The molecule has 1 heterocycles. The summed E-state index contributed by atoms with van der Waals surface area (Å²) in [4.78, 5) is 2.70. The Kier molecular flexibility index (Phi) is 5.78. The molecule has 1 aromatic rings. The van der Waals surface area contributed by atoms with E-state index in [1.54, 1.807) is 0 Å². The van der Waals surface area contributed by atoms with Gasteiger partial charge in [0.25, 0.3) is 0 Å². The van der Waals surface area contributed by atoms with Gasteiger partial charge in [-0.25, -0.2) is 0 Å². The number of hydrogen-bond acceptors (Lipinski definition) is 3. The van der Waals surface area contributed by atoms with Crippen LogP contribution in [0.4, 0.5) is 0 Å². The lowest BCUT2D eigenvalue weighted by molar-refractivity contribution is 0.0549. The topological polar surface area (TPSA) is 38.5 Å². The van der Waals surface area contributed by atoms with Crippen molar-refractivity contribution in [2.75, 3.05) is 26.8 Å². The van der Waals surface area contributed by atoms with Gasteiger partial charge in [0.1, 0.15) is 4.99 Å². The van der Waals surface area contributed by atoms with Crippen LogP contribution in [0.15, 0.2) is 18.2 Å². The van der Waals surface area contributed by atoms with Crippen LogP contribution in [0.3, 0.4) is 0 Å². The predicted molar refractivity (Wildman–Crippen MR) is 87.2 cm³/mol. The molecule has 0 aromatic heterocycles. The minimum Gasteiger partial charge on any atom is -0.389 e. The summed E-state index contributed by atoms with van der Waals surface area (Å²) >= 11 is 11.3. The molecule has 5 heteroatoms. The Balaban J connectivity index is 1.93. The molecular weight excluding hydrogens is 292 g/mol. The van der Waals surface area contributed by atoms with Gasteiger partial charge in [-0.05, 0) is 37.4 Å². The van der Waals surface area contributed by atoms with E-state index in [9.17, 15) is 0 Å². The van der Waals surface area contributed by atoms with Gasteiger partial charge in [-0.15, -0.1) is 0 Å². The Morgan fingerprint density at radius 2 is 2.15 bits per heavy atom. The van der Waals surface area contributed by atoms with E-state index in [2.05, 4.69) is 11.9 Å². The van der Waals surface area contributed by atoms with Gasteiger partial charge in [0, 0.05) is 36.9 Å². The van der Waals surface area contributed by atoms with Crippen molar-refractivity contribution in [1.29, 1.82) is 0 Å². The molecule has 1 saturated heterocycles. The summed E-state index contributed by atoms with van der Waals surface area (Å²) in [5, 5.41) is 0.731. The first-order valence-corrected chi connectivity index (χ1v) is 7.69.